The molecule has 0 radical (unpaired) electrons. The summed E-state index contributed by atoms with van der Waals surface area (Å²) in [6.45, 7) is 0. The van der Waals surface area contributed by atoms with Gasteiger partial charge < -0.3 is 0 Å². The van der Waals surface area contributed by atoms with Crippen LogP contribution in [0.25, 0.3) is 32.9 Å². The van der Waals surface area contributed by atoms with Crippen LogP contribution in [-0.2, 0) is 6.42 Å². The van der Waals surface area contributed by atoms with Gasteiger partial charge in [-0.1, -0.05) is 30.3 Å². The lowest BCUT2D eigenvalue weighted by molar-refractivity contribution is 0.614. The topological polar surface area (TPSA) is 25.8 Å². The minimum atomic E-state index is -0.164. The molecule has 0 N–H and O–H groups in total. The van der Waals surface area contributed by atoms with Crippen molar-refractivity contribution in [1.29, 1.82) is 0 Å². The van der Waals surface area contributed by atoms with Crippen LogP contribution in [0.5, 0.6) is 0 Å². The van der Waals surface area contributed by atoms with Gasteiger partial charge in [0.05, 0.1) is 16.7 Å². The molecule has 5 rings (SSSR count). The Balaban J connectivity index is 2.02. The van der Waals surface area contributed by atoms with Crippen LogP contribution in [0.2, 0.25) is 0 Å². The van der Waals surface area contributed by atoms with Crippen molar-refractivity contribution in [1.82, 2.24) is 9.97 Å². The number of aromatic nitrogens is 2. The van der Waals surface area contributed by atoms with Crippen molar-refractivity contribution in [2.45, 2.75) is 6.42 Å². The molecule has 104 valence electrons. The Morgan fingerprint density at radius 1 is 0.909 bits per heavy atom. The molecule has 2 aromatic heterocycles. The third kappa shape index (κ3) is 1.43. The Hall–Kier alpha value is -2.81. The lowest BCUT2D eigenvalue weighted by atomic mass is 9.86. The number of halogens is 1. The predicted molar refractivity (Wildman–Crippen MR) is 85.2 cm³/mol. The highest BCUT2D eigenvalue weighted by atomic mass is 19.1. The summed E-state index contributed by atoms with van der Waals surface area (Å²) in [7, 11) is 0. The van der Waals surface area contributed by atoms with Crippen LogP contribution in [0, 0.1) is 5.82 Å². The van der Waals surface area contributed by atoms with Crippen molar-refractivity contribution in [3.05, 3.63) is 71.8 Å². The van der Waals surface area contributed by atoms with E-state index < -0.39 is 0 Å². The van der Waals surface area contributed by atoms with Crippen molar-refractivity contribution >= 4 is 21.8 Å². The molecule has 0 aliphatic heterocycles. The molecule has 1 aliphatic rings. The molecule has 0 bridgehead atoms. The van der Waals surface area contributed by atoms with Gasteiger partial charge in [-0.15, -0.1) is 0 Å². The van der Waals surface area contributed by atoms with Gasteiger partial charge in [-0.3, -0.25) is 9.97 Å². The fraction of sp³-hybridized carbons (Fsp3) is 0.0526. The van der Waals surface area contributed by atoms with E-state index in [-0.39, 0.29) is 5.82 Å². The second kappa shape index (κ2) is 4.10. The highest BCUT2D eigenvalue weighted by molar-refractivity contribution is 6.10. The summed E-state index contributed by atoms with van der Waals surface area (Å²) in [6, 6.07) is 15.2. The predicted octanol–water partition coefficient (Wildman–Crippen LogP) is 4.49. The molecule has 0 amide bonds. The van der Waals surface area contributed by atoms with Crippen molar-refractivity contribution in [3.63, 3.8) is 0 Å². The first kappa shape index (κ1) is 11.8. The largest absolute Gasteiger partial charge is 0.255 e. The minimum Gasteiger partial charge on any atom is -0.255 e. The maximum Gasteiger partial charge on any atom is 0.127 e. The maximum atomic E-state index is 14.2. The Morgan fingerprint density at radius 3 is 2.77 bits per heavy atom. The number of hydrogen-bond acceptors (Lipinski definition) is 2. The second-order valence-electron chi connectivity index (χ2n) is 5.60. The standard InChI is InChI=1S/C19H11FN2/c20-15-6-3-5-11-12-8-9-21-19-13-4-1-2-7-16(13)22-17(18(12)19)10-14(11)15/h1-9H,10H2. The Morgan fingerprint density at radius 2 is 1.82 bits per heavy atom. The molecule has 0 spiro atoms. The van der Waals surface area contributed by atoms with Gasteiger partial charge in [0.15, 0.2) is 0 Å². The molecule has 0 fully saturated rings. The van der Waals surface area contributed by atoms with Gasteiger partial charge in [0.25, 0.3) is 0 Å². The first-order valence-corrected chi connectivity index (χ1v) is 7.27. The molecular formula is C19H11FN2. The van der Waals surface area contributed by atoms with E-state index in [0.717, 1.165) is 44.2 Å². The molecule has 0 saturated heterocycles. The van der Waals surface area contributed by atoms with E-state index in [1.54, 1.807) is 12.3 Å². The van der Waals surface area contributed by atoms with Gasteiger partial charge >= 0.3 is 0 Å². The van der Waals surface area contributed by atoms with E-state index in [1.807, 2.05) is 36.4 Å². The van der Waals surface area contributed by atoms with Crippen molar-refractivity contribution in [2.24, 2.45) is 0 Å². The van der Waals surface area contributed by atoms with E-state index in [2.05, 4.69) is 4.98 Å². The molecule has 3 heteroatoms. The Labute approximate surface area is 126 Å². The fourth-order valence-corrected chi connectivity index (χ4v) is 3.44. The van der Waals surface area contributed by atoms with E-state index in [0.29, 0.717) is 6.42 Å². The fourth-order valence-electron chi connectivity index (χ4n) is 3.44. The summed E-state index contributed by atoms with van der Waals surface area (Å²) < 4.78 is 14.2. The minimum absolute atomic E-state index is 0.164. The lowest BCUT2D eigenvalue weighted by Gasteiger charge is -2.20. The molecular weight excluding hydrogens is 275 g/mol. The highest BCUT2D eigenvalue weighted by Gasteiger charge is 2.23. The summed E-state index contributed by atoms with van der Waals surface area (Å²) in [5.41, 5.74) is 5.48. The molecule has 2 heterocycles. The van der Waals surface area contributed by atoms with E-state index in [4.69, 9.17) is 4.98 Å². The average molecular weight is 286 g/mol. The Bertz CT molecular complexity index is 1070. The van der Waals surface area contributed by atoms with Crippen molar-refractivity contribution < 1.29 is 4.39 Å². The molecule has 4 aromatic rings. The summed E-state index contributed by atoms with van der Waals surface area (Å²) in [4.78, 5) is 9.34. The van der Waals surface area contributed by atoms with Crippen LogP contribution in [0.3, 0.4) is 0 Å². The molecule has 0 saturated carbocycles. The zero-order valence-corrected chi connectivity index (χ0v) is 11.7. The van der Waals surface area contributed by atoms with Gasteiger partial charge in [-0.25, -0.2) is 4.39 Å². The molecule has 0 atom stereocenters. The monoisotopic (exact) mass is 286 g/mol. The summed E-state index contributed by atoms with van der Waals surface area (Å²) in [5, 5.41) is 2.10. The van der Waals surface area contributed by atoms with Gasteiger partial charge in [-0.2, -0.15) is 0 Å². The number of fused-ring (bicyclic) bond motifs is 4. The van der Waals surface area contributed by atoms with E-state index in [9.17, 15) is 4.39 Å². The summed E-state index contributed by atoms with van der Waals surface area (Å²) >= 11 is 0. The first-order valence-electron chi connectivity index (χ1n) is 7.27. The number of rotatable bonds is 0. The molecule has 1 aliphatic carbocycles. The molecule has 2 nitrogen and oxygen atoms in total. The van der Waals surface area contributed by atoms with Crippen LogP contribution >= 0.6 is 0 Å². The normalized spacial score (nSPS) is 12.6. The smallest absolute Gasteiger partial charge is 0.127 e. The Kier molecular flexibility index (Phi) is 2.20. The second-order valence-corrected chi connectivity index (χ2v) is 5.60. The zero-order valence-electron chi connectivity index (χ0n) is 11.7. The summed E-state index contributed by atoms with van der Waals surface area (Å²) in [5.74, 6) is -0.164. The number of para-hydroxylation sites is 1. The molecule has 0 unspecified atom stereocenters. The van der Waals surface area contributed by atoms with Gasteiger partial charge in [0, 0.05) is 29.0 Å². The van der Waals surface area contributed by atoms with Crippen LogP contribution in [0.4, 0.5) is 4.39 Å². The van der Waals surface area contributed by atoms with Gasteiger partial charge in [0.1, 0.15) is 5.82 Å². The van der Waals surface area contributed by atoms with E-state index >= 15 is 0 Å². The first-order chi connectivity index (χ1) is 10.8. The SMILES string of the molecule is Fc1cccc2c1Cc1nc3ccccc3c3nccc-2c13. The van der Waals surface area contributed by atoms with Crippen molar-refractivity contribution in [3.8, 4) is 11.1 Å². The van der Waals surface area contributed by atoms with Crippen molar-refractivity contribution in [2.75, 3.05) is 0 Å². The quantitative estimate of drug-likeness (QED) is 0.392. The number of hydrogen-bond donors (Lipinski definition) is 0. The number of benzene rings is 2. The van der Waals surface area contributed by atoms with Gasteiger partial charge in [-0.05, 0) is 29.3 Å². The lowest BCUT2D eigenvalue weighted by Crippen LogP contribution is -2.06. The molecule has 22 heavy (non-hydrogen) atoms. The number of pyridine rings is 2. The number of nitrogens with zero attached hydrogens (tertiary/aromatic N) is 2. The van der Waals surface area contributed by atoms with Crippen LogP contribution < -0.4 is 0 Å². The molecule has 2 aromatic carbocycles. The maximum absolute atomic E-state index is 14.2. The van der Waals surface area contributed by atoms with Crippen LogP contribution in [0.15, 0.2) is 54.7 Å². The summed E-state index contributed by atoms with van der Waals surface area (Å²) in [6.07, 6.45) is 2.32. The average Bonchev–Trinajstić information content (AvgIpc) is 2.56. The highest BCUT2D eigenvalue weighted by Crippen LogP contribution is 2.40. The third-order valence-corrected chi connectivity index (χ3v) is 4.41. The van der Waals surface area contributed by atoms with Gasteiger partial charge in [0.2, 0.25) is 0 Å². The van der Waals surface area contributed by atoms with Crippen LogP contribution in [-0.4, -0.2) is 9.97 Å². The van der Waals surface area contributed by atoms with Crippen LogP contribution in [0.1, 0.15) is 11.3 Å². The zero-order chi connectivity index (χ0) is 14.7. The third-order valence-electron chi connectivity index (χ3n) is 4.41. The van der Waals surface area contributed by atoms with E-state index in [1.165, 1.54) is 6.07 Å².